The monoisotopic (exact) mass is 342 g/mol. The lowest BCUT2D eigenvalue weighted by Gasteiger charge is -2.35. The molecule has 25 heavy (non-hydrogen) atoms. The molecule has 0 spiro atoms. The van der Waals surface area contributed by atoms with Gasteiger partial charge < -0.3 is 20.5 Å². The van der Waals surface area contributed by atoms with Gasteiger partial charge in [-0.2, -0.15) is 4.98 Å². The molecule has 3 rings (SSSR count). The molecule has 2 aromatic rings. The van der Waals surface area contributed by atoms with Gasteiger partial charge in [0.15, 0.2) is 0 Å². The van der Waals surface area contributed by atoms with E-state index in [1.807, 2.05) is 37.3 Å². The lowest BCUT2D eigenvalue weighted by atomic mass is 10.1. The number of nitrogens with two attached hydrogens (primary N) is 1. The first kappa shape index (κ1) is 17.2. The summed E-state index contributed by atoms with van der Waals surface area (Å²) in [6, 6.07) is 10.0. The summed E-state index contributed by atoms with van der Waals surface area (Å²) in [7, 11) is 0. The Morgan fingerprint density at radius 1 is 1.36 bits per heavy atom. The summed E-state index contributed by atoms with van der Waals surface area (Å²) in [5.41, 5.74) is 8.52. The van der Waals surface area contributed by atoms with Crippen molar-refractivity contribution in [3.63, 3.8) is 0 Å². The number of carbonyl (C=O) groups is 1. The number of aryl methyl sites for hydroxylation is 1. The van der Waals surface area contributed by atoms with E-state index in [2.05, 4.69) is 14.9 Å². The number of carboxylic acids is 1. The minimum Gasteiger partial charge on any atom is -0.481 e. The smallest absolute Gasteiger partial charge is 0.303 e. The zero-order valence-electron chi connectivity index (χ0n) is 14.2. The first-order valence-corrected chi connectivity index (χ1v) is 8.31. The fourth-order valence-electron chi connectivity index (χ4n) is 3.10. The van der Waals surface area contributed by atoms with Gasteiger partial charge in [0, 0.05) is 30.8 Å². The van der Waals surface area contributed by atoms with Crippen LogP contribution >= 0.6 is 0 Å². The van der Waals surface area contributed by atoms with Crippen molar-refractivity contribution in [3.8, 4) is 0 Å². The van der Waals surface area contributed by atoms with Crippen molar-refractivity contribution in [2.24, 2.45) is 0 Å². The van der Waals surface area contributed by atoms with Gasteiger partial charge in [-0.05, 0) is 18.9 Å². The van der Waals surface area contributed by atoms with Gasteiger partial charge in [0.1, 0.15) is 11.9 Å². The van der Waals surface area contributed by atoms with Gasteiger partial charge in [0.05, 0.1) is 6.61 Å². The van der Waals surface area contributed by atoms with Crippen LogP contribution in [0.3, 0.4) is 0 Å². The van der Waals surface area contributed by atoms with Gasteiger partial charge in [0.2, 0.25) is 5.95 Å². The topological polar surface area (TPSA) is 102 Å². The van der Waals surface area contributed by atoms with Gasteiger partial charge in [-0.15, -0.1) is 0 Å². The van der Waals surface area contributed by atoms with E-state index in [-0.39, 0.29) is 18.5 Å². The van der Waals surface area contributed by atoms with Gasteiger partial charge in [-0.1, -0.05) is 30.3 Å². The molecule has 2 heterocycles. The molecule has 0 amide bonds. The maximum atomic E-state index is 11.0. The Hall–Kier alpha value is -2.67. The number of anilines is 2. The Morgan fingerprint density at radius 2 is 2.12 bits per heavy atom. The largest absolute Gasteiger partial charge is 0.481 e. The van der Waals surface area contributed by atoms with Gasteiger partial charge >= 0.3 is 5.97 Å². The normalized spacial score (nSPS) is 17.5. The molecule has 1 fully saturated rings. The van der Waals surface area contributed by atoms with E-state index in [4.69, 9.17) is 15.6 Å². The summed E-state index contributed by atoms with van der Waals surface area (Å²) in [6.07, 6.45) is 0.358. The number of ether oxygens (including phenoxy) is 1. The number of nitrogens with zero attached hydrogens (tertiary/aromatic N) is 3. The molecular weight excluding hydrogens is 320 g/mol. The summed E-state index contributed by atoms with van der Waals surface area (Å²) in [4.78, 5) is 21.7. The third-order valence-electron chi connectivity index (χ3n) is 4.34. The van der Waals surface area contributed by atoms with E-state index >= 15 is 0 Å². The molecule has 1 saturated heterocycles. The zero-order chi connectivity index (χ0) is 17.8. The molecule has 7 nitrogen and oxygen atoms in total. The number of carboxylic acid groups (broad SMARTS) is 1. The molecule has 0 bridgehead atoms. The number of hydrogen-bond acceptors (Lipinski definition) is 6. The van der Waals surface area contributed by atoms with Crippen LogP contribution in [0.5, 0.6) is 0 Å². The summed E-state index contributed by atoms with van der Waals surface area (Å²) in [5.74, 6) is 0.0797. The molecule has 0 aliphatic carbocycles. The van der Waals surface area contributed by atoms with E-state index < -0.39 is 5.97 Å². The molecule has 1 atom stereocenters. The van der Waals surface area contributed by atoms with Gasteiger partial charge in [-0.3, -0.25) is 4.79 Å². The van der Waals surface area contributed by atoms with E-state index in [9.17, 15) is 4.79 Å². The molecule has 0 unspecified atom stereocenters. The molecule has 0 radical (unpaired) electrons. The maximum Gasteiger partial charge on any atom is 0.303 e. The predicted octanol–water partition coefficient (Wildman–Crippen LogP) is 1.96. The van der Waals surface area contributed by atoms with E-state index in [0.717, 1.165) is 22.6 Å². The van der Waals surface area contributed by atoms with Crippen LogP contribution in [0.1, 0.15) is 29.3 Å². The van der Waals surface area contributed by atoms with Crippen molar-refractivity contribution in [1.29, 1.82) is 0 Å². The number of nitrogen functional groups attached to an aromatic ring is 1. The fourth-order valence-corrected chi connectivity index (χ4v) is 3.10. The predicted molar refractivity (Wildman–Crippen MR) is 94.5 cm³/mol. The molecule has 1 aliphatic heterocycles. The van der Waals surface area contributed by atoms with Crippen molar-refractivity contribution in [2.45, 2.75) is 25.9 Å². The van der Waals surface area contributed by atoms with E-state index in [1.165, 1.54) is 0 Å². The second kappa shape index (κ2) is 7.48. The lowest BCUT2D eigenvalue weighted by Crippen LogP contribution is -2.39. The second-order valence-electron chi connectivity index (χ2n) is 6.08. The fraction of sp³-hybridized carbons (Fsp3) is 0.389. The Balaban J connectivity index is 1.88. The Labute approximate surface area is 146 Å². The minimum absolute atomic E-state index is 0.0353. The maximum absolute atomic E-state index is 11.0. The van der Waals surface area contributed by atoms with Crippen LogP contribution in [0, 0.1) is 6.92 Å². The number of aliphatic carboxylic acids is 1. The molecule has 132 valence electrons. The number of hydrogen-bond donors (Lipinski definition) is 2. The molecule has 3 N–H and O–H groups in total. The van der Waals surface area contributed by atoms with Gasteiger partial charge in [-0.25, -0.2) is 4.98 Å². The zero-order valence-corrected chi connectivity index (χ0v) is 14.2. The van der Waals surface area contributed by atoms with E-state index in [0.29, 0.717) is 26.1 Å². The van der Waals surface area contributed by atoms with Crippen LogP contribution in [-0.4, -0.2) is 40.7 Å². The standard InChI is InChI=1S/C18H22N4O3/c1-12-14(7-8-16(23)24)17(21-18(19)20-12)22-9-10-25-15(11-22)13-5-3-2-4-6-13/h2-6,15H,7-11H2,1H3,(H,23,24)(H2,19,20,21)/t15-/m0/s1. The number of benzene rings is 1. The van der Waals surface area contributed by atoms with Crippen LogP contribution in [0.15, 0.2) is 30.3 Å². The summed E-state index contributed by atoms with van der Waals surface area (Å²) >= 11 is 0. The van der Waals surface area contributed by atoms with Crippen LogP contribution < -0.4 is 10.6 Å². The Morgan fingerprint density at radius 3 is 2.84 bits per heavy atom. The van der Waals surface area contributed by atoms with Crippen molar-refractivity contribution < 1.29 is 14.6 Å². The first-order valence-electron chi connectivity index (χ1n) is 8.31. The first-order chi connectivity index (χ1) is 12.0. The quantitative estimate of drug-likeness (QED) is 0.856. The lowest BCUT2D eigenvalue weighted by molar-refractivity contribution is -0.136. The molecule has 1 aliphatic rings. The SMILES string of the molecule is Cc1nc(N)nc(N2CCO[C@H](c3ccccc3)C2)c1CCC(=O)O. The van der Waals surface area contributed by atoms with E-state index in [1.54, 1.807) is 0 Å². The highest BCUT2D eigenvalue weighted by Crippen LogP contribution is 2.29. The van der Waals surface area contributed by atoms with Gasteiger partial charge in [0.25, 0.3) is 0 Å². The highest BCUT2D eigenvalue weighted by atomic mass is 16.5. The highest BCUT2D eigenvalue weighted by molar-refractivity contribution is 5.68. The number of rotatable bonds is 5. The van der Waals surface area contributed by atoms with Crippen molar-refractivity contribution in [2.75, 3.05) is 30.3 Å². The van der Waals surface area contributed by atoms with Crippen molar-refractivity contribution in [3.05, 3.63) is 47.2 Å². The Bertz CT molecular complexity index is 751. The molecular formula is C18H22N4O3. The number of aromatic nitrogens is 2. The molecule has 0 saturated carbocycles. The van der Waals surface area contributed by atoms with Crippen LogP contribution in [0.4, 0.5) is 11.8 Å². The third kappa shape index (κ3) is 4.06. The van der Waals surface area contributed by atoms with Crippen LogP contribution in [0.2, 0.25) is 0 Å². The Kier molecular flexibility index (Phi) is 5.14. The van der Waals surface area contributed by atoms with Crippen molar-refractivity contribution in [1.82, 2.24) is 9.97 Å². The highest BCUT2D eigenvalue weighted by Gasteiger charge is 2.26. The average Bonchev–Trinajstić information content (AvgIpc) is 2.61. The average molecular weight is 342 g/mol. The summed E-state index contributed by atoms with van der Waals surface area (Å²) in [5, 5.41) is 9.01. The number of morpholine rings is 1. The molecule has 7 heteroatoms. The van der Waals surface area contributed by atoms with Crippen molar-refractivity contribution >= 4 is 17.7 Å². The van der Waals surface area contributed by atoms with Crippen LogP contribution in [-0.2, 0) is 16.0 Å². The second-order valence-corrected chi connectivity index (χ2v) is 6.08. The van der Waals surface area contributed by atoms with Crippen LogP contribution in [0.25, 0.3) is 0 Å². The molecule has 1 aromatic heterocycles. The summed E-state index contributed by atoms with van der Waals surface area (Å²) < 4.78 is 5.90. The minimum atomic E-state index is -0.841. The third-order valence-corrected chi connectivity index (χ3v) is 4.34. The summed E-state index contributed by atoms with van der Waals surface area (Å²) in [6.45, 7) is 3.73. The molecule has 1 aromatic carbocycles.